The summed E-state index contributed by atoms with van der Waals surface area (Å²) in [6, 6.07) is 0. The summed E-state index contributed by atoms with van der Waals surface area (Å²) < 4.78 is 0. The number of allylic oxidation sites excluding steroid dienone is 1. The van der Waals surface area contributed by atoms with Gasteiger partial charge in [0.25, 0.3) is 0 Å². The van der Waals surface area contributed by atoms with Gasteiger partial charge in [-0.2, -0.15) is 5.11 Å². The molecule has 0 aromatic heterocycles. The molecule has 10 heavy (non-hydrogen) atoms. The highest BCUT2D eigenvalue weighted by atomic mass is 14.9. The van der Waals surface area contributed by atoms with E-state index in [0.29, 0.717) is 12.5 Å². The van der Waals surface area contributed by atoms with E-state index in [1.807, 2.05) is 6.08 Å². The molecular weight excluding hydrogens is 124 g/mol. The lowest BCUT2D eigenvalue weighted by molar-refractivity contribution is 0.581. The topological polar surface area (TPSA) is 36.2 Å². The molecule has 0 amide bonds. The lowest BCUT2D eigenvalue weighted by atomic mass is 10.0. The van der Waals surface area contributed by atoms with Crippen LogP contribution < -0.4 is 0 Å². The second kappa shape index (κ2) is 6.46. The van der Waals surface area contributed by atoms with Crippen molar-refractivity contribution in [2.45, 2.75) is 26.2 Å². The summed E-state index contributed by atoms with van der Waals surface area (Å²) in [6.45, 7) is 6.54. The van der Waals surface area contributed by atoms with E-state index in [9.17, 15) is 0 Å². The Morgan fingerprint density at radius 2 is 2.30 bits per heavy atom. The first-order valence-electron chi connectivity index (χ1n) is 3.77. The Morgan fingerprint density at radius 1 is 1.60 bits per heavy atom. The minimum atomic E-state index is 0.616. The van der Waals surface area contributed by atoms with Crippen molar-refractivity contribution < 1.29 is 0 Å². The molecule has 0 saturated carbocycles. The maximum Gasteiger partial charge on any atom is 0.0596 e. The van der Waals surface area contributed by atoms with Gasteiger partial charge in [0, 0.05) is 0 Å². The van der Waals surface area contributed by atoms with Gasteiger partial charge in [0.1, 0.15) is 0 Å². The normalized spacial score (nSPS) is 12.5. The van der Waals surface area contributed by atoms with Gasteiger partial charge in [-0.3, -0.25) is 0 Å². The predicted octanol–water partition coefficient (Wildman–Crippen LogP) is 3.01. The minimum Gasteiger partial charge on any atom is -0.210 e. The van der Waals surface area contributed by atoms with Crippen LogP contribution in [-0.2, 0) is 0 Å². The van der Waals surface area contributed by atoms with Gasteiger partial charge in [-0.15, -0.1) is 6.58 Å². The number of hydrogen-bond donors (Lipinski definition) is 1. The molecule has 0 aromatic carbocycles. The summed E-state index contributed by atoms with van der Waals surface area (Å²) >= 11 is 0. The molecule has 0 spiro atoms. The lowest BCUT2D eigenvalue weighted by Crippen LogP contribution is -1.89. The van der Waals surface area contributed by atoms with E-state index >= 15 is 0 Å². The van der Waals surface area contributed by atoms with Crippen LogP contribution in [0.15, 0.2) is 17.8 Å². The molecule has 0 radical (unpaired) electrons. The number of rotatable bonds is 6. The first-order valence-corrected chi connectivity index (χ1v) is 3.77. The van der Waals surface area contributed by atoms with Crippen LogP contribution in [-0.4, -0.2) is 6.54 Å². The van der Waals surface area contributed by atoms with E-state index in [2.05, 4.69) is 18.6 Å². The summed E-state index contributed by atoms with van der Waals surface area (Å²) in [6.07, 6.45) is 5.36. The molecule has 2 heteroatoms. The Hall–Kier alpha value is -0.660. The molecule has 1 unspecified atom stereocenters. The maximum atomic E-state index is 6.54. The van der Waals surface area contributed by atoms with E-state index in [4.69, 9.17) is 5.53 Å². The third-order valence-electron chi connectivity index (χ3n) is 1.58. The fourth-order valence-corrected chi connectivity index (χ4v) is 0.775. The molecule has 0 fully saturated rings. The van der Waals surface area contributed by atoms with E-state index in [1.54, 1.807) is 0 Å². The number of nitrogens with zero attached hydrogens (tertiary/aromatic N) is 1. The molecule has 0 bridgehead atoms. The molecule has 0 aromatic rings. The predicted molar refractivity (Wildman–Crippen MR) is 43.2 cm³/mol. The van der Waals surface area contributed by atoms with Gasteiger partial charge in [0.15, 0.2) is 0 Å². The van der Waals surface area contributed by atoms with Crippen LogP contribution >= 0.6 is 0 Å². The number of unbranched alkanes of at least 4 members (excludes halogenated alkanes) is 1. The van der Waals surface area contributed by atoms with Gasteiger partial charge >= 0.3 is 0 Å². The third-order valence-corrected chi connectivity index (χ3v) is 1.58. The first kappa shape index (κ1) is 9.34. The fourth-order valence-electron chi connectivity index (χ4n) is 0.775. The van der Waals surface area contributed by atoms with Gasteiger partial charge in [-0.25, -0.2) is 5.53 Å². The molecule has 2 nitrogen and oxygen atoms in total. The second-order valence-electron chi connectivity index (χ2n) is 2.59. The van der Waals surface area contributed by atoms with Crippen molar-refractivity contribution in [3.63, 3.8) is 0 Å². The molecular formula is C8H16N2. The van der Waals surface area contributed by atoms with Crippen LogP contribution in [0.1, 0.15) is 26.2 Å². The van der Waals surface area contributed by atoms with Gasteiger partial charge in [-0.1, -0.05) is 19.4 Å². The Kier molecular flexibility index (Phi) is 6.03. The van der Waals surface area contributed by atoms with Crippen LogP contribution in [0.3, 0.4) is 0 Å². The molecule has 0 aliphatic heterocycles. The minimum absolute atomic E-state index is 0.616. The van der Waals surface area contributed by atoms with Gasteiger partial charge in [-0.05, 0) is 18.8 Å². The van der Waals surface area contributed by atoms with Crippen LogP contribution in [0.25, 0.3) is 0 Å². The molecule has 0 rings (SSSR count). The van der Waals surface area contributed by atoms with E-state index < -0.39 is 0 Å². The molecule has 0 saturated heterocycles. The second-order valence-corrected chi connectivity index (χ2v) is 2.59. The first-order chi connectivity index (χ1) is 4.81. The summed E-state index contributed by atoms with van der Waals surface area (Å²) in [5.41, 5.74) is 6.54. The standard InChI is InChI=1S/C8H16N2/c1-3-8(2)6-4-5-7-10-9/h3,8-9H,1,4-7H2,2H3. The number of nitrogens with one attached hydrogen (secondary N) is 1. The zero-order chi connectivity index (χ0) is 7.82. The van der Waals surface area contributed by atoms with Gasteiger partial charge < -0.3 is 0 Å². The Balaban J connectivity index is 3.02. The Bertz CT molecular complexity index is 99.4. The zero-order valence-corrected chi connectivity index (χ0v) is 6.64. The maximum absolute atomic E-state index is 6.54. The smallest absolute Gasteiger partial charge is 0.0596 e. The van der Waals surface area contributed by atoms with Crippen molar-refractivity contribution in [1.82, 2.24) is 0 Å². The SMILES string of the molecule is C=CC(C)CCCCN=N. The summed E-state index contributed by atoms with van der Waals surface area (Å²) in [7, 11) is 0. The van der Waals surface area contributed by atoms with Crippen LogP contribution in [0, 0.1) is 11.4 Å². The number of hydrogen-bond acceptors (Lipinski definition) is 2. The summed E-state index contributed by atoms with van der Waals surface area (Å²) in [5, 5.41) is 3.28. The monoisotopic (exact) mass is 140 g/mol. The molecule has 1 N–H and O–H groups in total. The lowest BCUT2D eigenvalue weighted by Gasteiger charge is -2.02. The summed E-state index contributed by atoms with van der Waals surface area (Å²) in [4.78, 5) is 0. The van der Waals surface area contributed by atoms with Crippen molar-refractivity contribution >= 4 is 0 Å². The van der Waals surface area contributed by atoms with Crippen LogP contribution in [0.2, 0.25) is 0 Å². The van der Waals surface area contributed by atoms with Crippen LogP contribution in [0.4, 0.5) is 0 Å². The van der Waals surface area contributed by atoms with Crippen molar-refractivity contribution in [1.29, 1.82) is 5.53 Å². The molecule has 0 heterocycles. The zero-order valence-electron chi connectivity index (χ0n) is 6.64. The molecule has 0 aliphatic rings. The van der Waals surface area contributed by atoms with Crippen molar-refractivity contribution in [2.24, 2.45) is 11.0 Å². The highest BCUT2D eigenvalue weighted by molar-refractivity contribution is 4.74. The van der Waals surface area contributed by atoms with Gasteiger partial charge in [0.2, 0.25) is 0 Å². The molecule has 58 valence electrons. The van der Waals surface area contributed by atoms with Crippen molar-refractivity contribution in [2.75, 3.05) is 6.54 Å². The van der Waals surface area contributed by atoms with Crippen LogP contribution in [0.5, 0.6) is 0 Å². The summed E-state index contributed by atoms with van der Waals surface area (Å²) in [5.74, 6) is 0.616. The van der Waals surface area contributed by atoms with E-state index in [0.717, 1.165) is 12.8 Å². The fraction of sp³-hybridized carbons (Fsp3) is 0.750. The molecule has 1 atom stereocenters. The van der Waals surface area contributed by atoms with E-state index in [-0.39, 0.29) is 0 Å². The largest absolute Gasteiger partial charge is 0.210 e. The van der Waals surface area contributed by atoms with E-state index in [1.165, 1.54) is 6.42 Å². The average molecular weight is 140 g/mol. The van der Waals surface area contributed by atoms with Crippen molar-refractivity contribution in [3.05, 3.63) is 12.7 Å². The molecule has 0 aliphatic carbocycles. The highest BCUT2D eigenvalue weighted by Gasteiger charge is 1.94. The quantitative estimate of drug-likeness (QED) is 0.334. The Labute approximate surface area is 62.8 Å². The Morgan fingerprint density at radius 3 is 2.80 bits per heavy atom. The average Bonchev–Trinajstić information content (AvgIpc) is 1.98. The van der Waals surface area contributed by atoms with Gasteiger partial charge in [0.05, 0.1) is 6.54 Å². The third kappa shape index (κ3) is 5.48. The van der Waals surface area contributed by atoms with Crippen molar-refractivity contribution in [3.8, 4) is 0 Å². The highest BCUT2D eigenvalue weighted by Crippen LogP contribution is 2.07.